The summed E-state index contributed by atoms with van der Waals surface area (Å²) in [5.41, 5.74) is 10.0. The molecule has 3 aliphatic rings. The van der Waals surface area contributed by atoms with Gasteiger partial charge in [-0.25, -0.2) is 14.8 Å². The van der Waals surface area contributed by atoms with Crippen molar-refractivity contribution in [3.8, 4) is 17.2 Å². The molecule has 13 heteroatoms. The standard InChI is InChI=1S/C46H50N4O9/c1-5-23(3)45(56)58-35-19-32-41(55)39-34(54)18-29(21-51)57-43(39)40-38-30-13-14-49-44(47)37(30)26(9-8-25-10-11-28(53)17-31(25)33(38)22-52)16-27(46(35,4)59-42(32)40)15-24-7-12-36(48-6-2)50-20-24/h5,7,10-14,17-18,20,26-27,33,35,38,51-53,55H,6,8-9,15-16,19,21-22H2,1-4H3,(H2,47,49)(H,48,50). The maximum absolute atomic E-state index is 14.1. The molecule has 13 nitrogen and oxygen atoms in total. The van der Waals surface area contributed by atoms with E-state index in [1.807, 2.05) is 44.3 Å². The lowest BCUT2D eigenvalue weighted by Crippen LogP contribution is -2.57. The Labute approximate surface area is 341 Å². The average molecular weight is 803 g/mol. The highest BCUT2D eigenvalue weighted by Gasteiger charge is 2.54. The van der Waals surface area contributed by atoms with Gasteiger partial charge in [0.25, 0.3) is 0 Å². The quantitative estimate of drug-likeness (QED) is 0.0756. The number of aromatic nitrogens is 2. The summed E-state index contributed by atoms with van der Waals surface area (Å²) in [5, 5.41) is 48.2. The number of anilines is 2. The predicted molar refractivity (Wildman–Crippen MR) is 222 cm³/mol. The Bertz CT molecular complexity index is 2530. The molecule has 0 saturated heterocycles. The molecule has 0 fully saturated rings. The van der Waals surface area contributed by atoms with E-state index in [-0.39, 0.29) is 46.1 Å². The maximum Gasteiger partial charge on any atom is 0.333 e. The van der Waals surface area contributed by atoms with Crippen molar-refractivity contribution in [3.05, 3.63) is 121 Å². The first-order valence-corrected chi connectivity index (χ1v) is 20.2. The van der Waals surface area contributed by atoms with Crippen LogP contribution in [0.15, 0.2) is 75.7 Å². The lowest BCUT2D eigenvalue weighted by Gasteiger charge is -2.49. The second-order valence-corrected chi connectivity index (χ2v) is 16.2. The number of pyridine rings is 2. The molecule has 2 aliphatic heterocycles. The van der Waals surface area contributed by atoms with Gasteiger partial charge in [-0.05, 0) is 106 Å². The van der Waals surface area contributed by atoms with Crippen LogP contribution in [0.1, 0.15) is 103 Å². The van der Waals surface area contributed by atoms with Crippen LogP contribution in [-0.4, -0.2) is 61.2 Å². The molecular weight excluding hydrogens is 753 g/mol. The van der Waals surface area contributed by atoms with Gasteiger partial charge in [0.1, 0.15) is 63.9 Å². The topological polar surface area (TPSA) is 210 Å². The minimum atomic E-state index is -1.29. The third-order valence-electron chi connectivity index (χ3n) is 12.8. The largest absolute Gasteiger partial charge is 0.508 e. The number of hydrogen-bond donors (Lipinski definition) is 6. The van der Waals surface area contributed by atoms with Gasteiger partial charge >= 0.3 is 5.97 Å². The van der Waals surface area contributed by atoms with Crippen molar-refractivity contribution in [2.45, 2.75) is 95.9 Å². The van der Waals surface area contributed by atoms with E-state index >= 15 is 0 Å². The Morgan fingerprint density at radius 3 is 2.63 bits per heavy atom. The number of nitrogen functional groups attached to an aromatic ring is 1. The number of aromatic hydroxyl groups is 2. The van der Waals surface area contributed by atoms with Gasteiger partial charge in [-0.2, -0.15) is 0 Å². The van der Waals surface area contributed by atoms with Crippen molar-refractivity contribution in [1.82, 2.24) is 9.97 Å². The average Bonchev–Trinajstić information content (AvgIpc) is 3.27. The first-order chi connectivity index (χ1) is 28.4. The van der Waals surface area contributed by atoms with Crippen LogP contribution in [0.2, 0.25) is 0 Å². The highest BCUT2D eigenvalue weighted by Crippen LogP contribution is 2.58. The number of aliphatic hydroxyl groups excluding tert-OH is 2. The van der Waals surface area contributed by atoms with Gasteiger partial charge in [0.15, 0.2) is 5.43 Å². The Morgan fingerprint density at radius 2 is 1.92 bits per heavy atom. The van der Waals surface area contributed by atoms with Gasteiger partial charge in [-0.1, -0.05) is 18.2 Å². The number of carbonyl (C=O) groups is 1. The molecule has 0 radical (unpaired) electrons. The van der Waals surface area contributed by atoms with Crippen molar-refractivity contribution in [2.75, 3.05) is 24.2 Å². The van der Waals surface area contributed by atoms with Gasteiger partial charge in [0.2, 0.25) is 0 Å². The van der Waals surface area contributed by atoms with Gasteiger partial charge in [-0.15, -0.1) is 0 Å². The second kappa shape index (κ2) is 15.7. The molecule has 4 bridgehead atoms. The van der Waals surface area contributed by atoms with E-state index in [9.17, 15) is 30.0 Å². The summed E-state index contributed by atoms with van der Waals surface area (Å²) in [5.74, 6) is -2.01. The third-order valence-corrected chi connectivity index (χ3v) is 12.8. The zero-order chi connectivity index (χ0) is 41.7. The fourth-order valence-corrected chi connectivity index (χ4v) is 9.69. The van der Waals surface area contributed by atoms with Crippen molar-refractivity contribution in [2.24, 2.45) is 5.92 Å². The summed E-state index contributed by atoms with van der Waals surface area (Å²) in [6, 6.07) is 12.1. The molecular formula is C46H50N4O9. The Morgan fingerprint density at radius 1 is 1.10 bits per heavy atom. The van der Waals surface area contributed by atoms with Crippen LogP contribution in [0.25, 0.3) is 11.0 Å². The molecule has 3 aromatic heterocycles. The number of nitrogens with two attached hydrogens (primary N) is 1. The molecule has 308 valence electrons. The number of esters is 1. The molecule has 7 N–H and O–H groups in total. The number of benzene rings is 2. The molecule has 5 aromatic rings. The number of aryl methyl sites for hydroxylation is 1. The Balaban J connectivity index is 1.51. The summed E-state index contributed by atoms with van der Waals surface area (Å²) in [6.45, 7) is 7.04. The number of nitrogens with zero attached hydrogens (tertiary/aromatic N) is 2. The zero-order valence-corrected chi connectivity index (χ0v) is 33.6. The number of phenolic OH excluding ortho intramolecular Hbond substituents is 2. The van der Waals surface area contributed by atoms with Crippen LogP contribution < -0.4 is 21.2 Å². The molecule has 5 heterocycles. The van der Waals surface area contributed by atoms with Crippen molar-refractivity contribution < 1.29 is 39.1 Å². The number of ether oxygens (including phenoxy) is 2. The van der Waals surface area contributed by atoms with Gasteiger partial charge in [0, 0.05) is 71.4 Å². The van der Waals surface area contributed by atoms with Crippen LogP contribution in [0.5, 0.6) is 17.2 Å². The van der Waals surface area contributed by atoms with Gasteiger partial charge < -0.3 is 45.4 Å². The number of hydrogen-bond acceptors (Lipinski definition) is 13. The molecule has 0 amide bonds. The lowest BCUT2D eigenvalue weighted by molar-refractivity contribution is -0.165. The number of allylic oxidation sites excluding steroid dienone is 1. The van der Waals surface area contributed by atoms with Crippen LogP contribution >= 0.6 is 0 Å². The minimum absolute atomic E-state index is 0.0148. The van der Waals surface area contributed by atoms with Gasteiger partial charge in [0.05, 0.1) is 6.61 Å². The third kappa shape index (κ3) is 6.85. The summed E-state index contributed by atoms with van der Waals surface area (Å²) in [6.07, 6.45) is 6.20. The highest BCUT2D eigenvalue weighted by molar-refractivity contribution is 5.92. The van der Waals surface area contributed by atoms with Crippen molar-refractivity contribution in [3.63, 3.8) is 0 Å². The second-order valence-electron chi connectivity index (χ2n) is 16.2. The van der Waals surface area contributed by atoms with Crippen molar-refractivity contribution in [1.29, 1.82) is 0 Å². The van der Waals surface area contributed by atoms with Crippen LogP contribution in [0.3, 0.4) is 0 Å². The molecule has 6 unspecified atom stereocenters. The van der Waals surface area contributed by atoms with E-state index in [2.05, 4.69) is 15.3 Å². The Hall–Kier alpha value is -5.92. The summed E-state index contributed by atoms with van der Waals surface area (Å²) >= 11 is 0. The molecule has 59 heavy (non-hydrogen) atoms. The highest BCUT2D eigenvalue weighted by atomic mass is 16.6. The van der Waals surface area contributed by atoms with E-state index in [4.69, 9.17) is 19.6 Å². The molecule has 0 spiro atoms. The fourth-order valence-electron chi connectivity index (χ4n) is 9.69. The number of nitrogens with one attached hydrogen (secondary N) is 1. The van der Waals surface area contributed by atoms with E-state index in [0.717, 1.165) is 28.6 Å². The summed E-state index contributed by atoms with van der Waals surface area (Å²) < 4.78 is 20.2. The van der Waals surface area contributed by atoms with E-state index in [1.165, 1.54) is 0 Å². The SMILES string of the molecule is CC=C(C)C(=O)OC1Cc2c3c(c4oc(CO)cc(=O)c4c2O)C2c4ccnc(N)c4C(CCc4ccc(O)cc4C2CO)CC(Cc2ccc(NCC)nc2)C1(C)O3. The summed E-state index contributed by atoms with van der Waals surface area (Å²) in [7, 11) is 0. The van der Waals surface area contributed by atoms with E-state index in [0.29, 0.717) is 60.3 Å². The van der Waals surface area contributed by atoms with E-state index < -0.39 is 59.8 Å². The first kappa shape index (κ1) is 39.9. The predicted octanol–water partition coefficient (Wildman–Crippen LogP) is 6.27. The number of rotatable bonds is 8. The van der Waals surface area contributed by atoms with Crippen molar-refractivity contribution >= 4 is 28.6 Å². The first-order valence-electron chi connectivity index (χ1n) is 20.2. The van der Waals surface area contributed by atoms with Crippen LogP contribution in [-0.2, 0) is 35.4 Å². The molecule has 2 aromatic carbocycles. The normalized spacial score (nSPS) is 23.6. The number of aliphatic hydroxyl groups is 2. The van der Waals surface area contributed by atoms with Crippen LogP contribution in [0.4, 0.5) is 11.6 Å². The molecule has 6 atom stereocenters. The maximum atomic E-state index is 14.1. The summed E-state index contributed by atoms with van der Waals surface area (Å²) in [4.78, 5) is 37.1. The van der Waals surface area contributed by atoms with Crippen LogP contribution in [0, 0.1) is 5.92 Å². The number of phenols is 2. The lowest BCUT2D eigenvalue weighted by atomic mass is 9.67. The van der Waals surface area contributed by atoms with E-state index in [1.54, 1.807) is 38.3 Å². The fraction of sp³-hybridized carbons (Fsp3) is 0.391. The number of fused-ring (bicyclic) bond motifs is 5. The van der Waals surface area contributed by atoms with Gasteiger partial charge in [-0.3, -0.25) is 4.79 Å². The molecule has 8 rings (SSSR count). The zero-order valence-electron chi connectivity index (χ0n) is 33.6. The molecule has 0 saturated carbocycles. The monoisotopic (exact) mass is 802 g/mol. The number of carbonyl (C=O) groups excluding carboxylic acids is 1. The Kier molecular flexibility index (Phi) is 10.6. The molecule has 1 aliphatic carbocycles. The smallest absolute Gasteiger partial charge is 0.333 e. The minimum Gasteiger partial charge on any atom is -0.508 e.